The normalized spacial score (nSPS) is 17.6. The summed E-state index contributed by atoms with van der Waals surface area (Å²) in [6, 6.07) is 2.20. The molecule has 0 radical (unpaired) electrons. The Morgan fingerprint density at radius 2 is 2.09 bits per heavy atom. The fourth-order valence-corrected chi connectivity index (χ4v) is 3.34. The smallest absolute Gasteiger partial charge is 0.169 e. The standard InChI is InChI=1S/C16H22F2O3Si/c1-22(2,3)7-6-20-10-21-14-5-4-11-8-13(17)16(18)12(9-19)15(11)14/h8-9,14H,4-7,10H2,1-3H3. The molecular formula is C16H22F2O3Si. The highest BCUT2D eigenvalue weighted by molar-refractivity contribution is 6.76. The topological polar surface area (TPSA) is 35.5 Å². The fourth-order valence-electron chi connectivity index (χ4n) is 2.58. The number of aryl methyl sites for hydroxylation is 1. The summed E-state index contributed by atoms with van der Waals surface area (Å²) in [5, 5.41) is 0. The number of carbonyl (C=O) groups excluding carboxylic acids is 1. The van der Waals surface area contributed by atoms with Gasteiger partial charge in [-0.2, -0.15) is 0 Å². The molecule has 1 aliphatic carbocycles. The molecule has 1 aromatic rings. The Bertz CT molecular complexity index is 555. The summed E-state index contributed by atoms with van der Waals surface area (Å²) in [5.41, 5.74) is 0.899. The molecule has 1 atom stereocenters. The van der Waals surface area contributed by atoms with Gasteiger partial charge in [0.25, 0.3) is 0 Å². The lowest BCUT2D eigenvalue weighted by atomic mass is 10.0. The van der Waals surface area contributed by atoms with Gasteiger partial charge in [-0.1, -0.05) is 19.6 Å². The lowest BCUT2D eigenvalue weighted by Gasteiger charge is -2.18. The molecule has 2 rings (SSSR count). The second-order valence-corrected chi connectivity index (χ2v) is 12.4. The molecule has 0 fully saturated rings. The Balaban J connectivity index is 1.97. The maximum atomic E-state index is 13.7. The first-order valence-corrected chi connectivity index (χ1v) is 11.2. The van der Waals surface area contributed by atoms with E-state index in [4.69, 9.17) is 9.47 Å². The van der Waals surface area contributed by atoms with Crippen LogP contribution >= 0.6 is 0 Å². The summed E-state index contributed by atoms with van der Waals surface area (Å²) in [6.45, 7) is 7.52. The predicted octanol–water partition coefficient (Wildman–Crippen LogP) is 4.09. The second-order valence-electron chi connectivity index (χ2n) is 6.81. The van der Waals surface area contributed by atoms with E-state index in [-0.39, 0.29) is 12.4 Å². The van der Waals surface area contributed by atoms with Crippen molar-refractivity contribution in [3.05, 3.63) is 34.4 Å². The van der Waals surface area contributed by atoms with Gasteiger partial charge in [-0.3, -0.25) is 4.79 Å². The number of rotatable bonds is 7. The number of ether oxygens (including phenoxy) is 2. The predicted molar refractivity (Wildman–Crippen MR) is 82.9 cm³/mol. The third-order valence-electron chi connectivity index (χ3n) is 3.85. The van der Waals surface area contributed by atoms with Gasteiger partial charge in [-0.25, -0.2) is 8.78 Å². The van der Waals surface area contributed by atoms with Crippen molar-refractivity contribution in [2.24, 2.45) is 0 Å². The van der Waals surface area contributed by atoms with Crippen molar-refractivity contribution in [3.8, 4) is 0 Å². The Morgan fingerprint density at radius 1 is 1.36 bits per heavy atom. The van der Waals surface area contributed by atoms with E-state index in [2.05, 4.69) is 19.6 Å². The molecule has 0 saturated heterocycles. The van der Waals surface area contributed by atoms with Gasteiger partial charge in [0.15, 0.2) is 17.9 Å². The zero-order valence-electron chi connectivity index (χ0n) is 13.2. The van der Waals surface area contributed by atoms with Gasteiger partial charge in [0, 0.05) is 14.7 Å². The van der Waals surface area contributed by atoms with Crippen molar-refractivity contribution in [3.63, 3.8) is 0 Å². The Kier molecular flexibility index (Phi) is 5.47. The van der Waals surface area contributed by atoms with Gasteiger partial charge >= 0.3 is 0 Å². The van der Waals surface area contributed by atoms with Gasteiger partial charge in [0.05, 0.1) is 11.7 Å². The van der Waals surface area contributed by atoms with Crippen LogP contribution in [0.3, 0.4) is 0 Å². The summed E-state index contributed by atoms with van der Waals surface area (Å²) < 4.78 is 38.2. The average Bonchev–Trinajstić information content (AvgIpc) is 2.81. The molecule has 3 nitrogen and oxygen atoms in total. The molecule has 0 N–H and O–H groups in total. The van der Waals surface area contributed by atoms with E-state index in [0.717, 1.165) is 12.1 Å². The van der Waals surface area contributed by atoms with Crippen molar-refractivity contribution < 1.29 is 23.0 Å². The number of halogens is 2. The molecule has 22 heavy (non-hydrogen) atoms. The number of carbonyl (C=O) groups is 1. The van der Waals surface area contributed by atoms with Gasteiger partial charge < -0.3 is 9.47 Å². The van der Waals surface area contributed by atoms with Crippen molar-refractivity contribution in [1.82, 2.24) is 0 Å². The van der Waals surface area contributed by atoms with Crippen molar-refractivity contribution in [1.29, 1.82) is 0 Å². The van der Waals surface area contributed by atoms with Gasteiger partial charge in [0.1, 0.15) is 6.79 Å². The third kappa shape index (κ3) is 4.00. The van der Waals surface area contributed by atoms with Crippen LogP contribution in [0.5, 0.6) is 0 Å². The molecule has 0 aliphatic heterocycles. The first-order chi connectivity index (χ1) is 10.3. The van der Waals surface area contributed by atoms with E-state index in [0.29, 0.717) is 36.9 Å². The van der Waals surface area contributed by atoms with E-state index < -0.39 is 25.8 Å². The zero-order chi connectivity index (χ0) is 16.3. The van der Waals surface area contributed by atoms with Crippen LogP contribution < -0.4 is 0 Å². The molecule has 0 bridgehead atoms. The number of aldehydes is 1. The highest BCUT2D eigenvalue weighted by Crippen LogP contribution is 2.37. The lowest BCUT2D eigenvalue weighted by molar-refractivity contribution is -0.0871. The van der Waals surface area contributed by atoms with Crippen molar-refractivity contribution in [2.45, 2.75) is 44.6 Å². The second kappa shape index (κ2) is 6.98. The summed E-state index contributed by atoms with van der Waals surface area (Å²) in [6.07, 6.45) is 1.14. The molecule has 1 aromatic carbocycles. The van der Waals surface area contributed by atoms with E-state index in [1.165, 1.54) is 0 Å². The number of benzene rings is 1. The van der Waals surface area contributed by atoms with E-state index in [1.54, 1.807) is 0 Å². The number of fused-ring (bicyclic) bond motifs is 1. The van der Waals surface area contributed by atoms with Crippen LogP contribution in [0.4, 0.5) is 8.78 Å². The third-order valence-corrected chi connectivity index (χ3v) is 5.55. The molecule has 0 amide bonds. The molecule has 0 aromatic heterocycles. The molecule has 0 spiro atoms. The van der Waals surface area contributed by atoms with Crippen LogP contribution in [0.25, 0.3) is 0 Å². The Hall–Kier alpha value is -1.11. The minimum atomic E-state index is -1.14. The van der Waals surface area contributed by atoms with Crippen LogP contribution in [0.2, 0.25) is 25.7 Å². The van der Waals surface area contributed by atoms with Crippen LogP contribution in [-0.4, -0.2) is 27.8 Å². The summed E-state index contributed by atoms with van der Waals surface area (Å²) in [5.74, 6) is -2.07. The maximum absolute atomic E-state index is 13.7. The zero-order valence-corrected chi connectivity index (χ0v) is 14.2. The van der Waals surface area contributed by atoms with Crippen LogP contribution in [-0.2, 0) is 15.9 Å². The minimum absolute atomic E-state index is 0.103. The lowest BCUT2D eigenvalue weighted by Crippen LogP contribution is -2.22. The van der Waals surface area contributed by atoms with Crippen molar-refractivity contribution >= 4 is 14.4 Å². The maximum Gasteiger partial charge on any atom is 0.169 e. The molecule has 0 saturated carbocycles. The molecular weight excluding hydrogens is 306 g/mol. The van der Waals surface area contributed by atoms with Gasteiger partial charge in [-0.15, -0.1) is 0 Å². The molecule has 1 unspecified atom stereocenters. The van der Waals surface area contributed by atoms with E-state index >= 15 is 0 Å². The molecule has 6 heteroatoms. The molecule has 1 aliphatic rings. The quantitative estimate of drug-likeness (QED) is 0.327. The first kappa shape index (κ1) is 17.2. The SMILES string of the molecule is C[Si](C)(C)CCOCOC1CCc2cc(F)c(F)c(C=O)c21. The number of hydrogen-bond donors (Lipinski definition) is 0. The monoisotopic (exact) mass is 328 g/mol. The van der Waals surface area contributed by atoms with E-state index in [1.807, 2.05) is 0 Å². The van der Waals surface area contributed by atoms with E-state index in [9.17, 15) is 13.6 Å². The molecule has 122 valence electrons. The fraction of sp³-hybridized carbons (Fsp3) is 0.562. The number of hydrogen-bond acceptors (Lipinski definition) is 3. The van der Waals surface area contributed by atoms with Crippen molar-refractivity contribution in [2.75, 3.05) is 13.4 Å². The van der Waals surface area contributed by atoms with Gasteiger partial charge in [0.2, 0.25) is 0 Å². The molecule has 0 heterocycles. The average molecular weight is 328 g/mol. The highest BCUT2D eigenvalue weighted by atomic mass is 28.3. The van der Waals surface area contributed by atoms with Crippen LogP contribution in [0.1, 0.15) is 34.0 Å². The summed E-state index contributed by atoms with van der Waals surface area (Å²) in [4.78, 5) is 11.1. The highest BCUT2D eigenvalue weighted by Gasteiger charge is 2.30. The summed E-state index contributed by atoms with van der Waals surface area (Å²) >= 11 is 0. The Morgan fingerprint density at radius 3 is 2.73 bits per heavy atom. The first-order valence-electron chi connectivity index (χ1n) is 7.49. The Labute approximate surface area is 130 Å². The minimum Gasteiger partial charge on any atom is -0.356 e. The summed E-state index contributed by atoms with van der Waals surface area (Å²) in [7, 11) is -1.14. The largest absolute Gasteiger partial charge is 0.356 e. The van der Waals surface area contributed by atoms with Crippen LogP contribution in [0.15, 0.2) is 6.07 Å². The van der Waals surface area contributed by atoms with Gasteiger partial charge in [-0.05, 0) is 36.1 Å². The van der Waals surface area contributed by atoms with Crippen LogP contribution in [0, 0.1) is 11.6 Å².